The minimum Gasteiger partial charge on any atom is -0.492 e. The van der Waals surface area contributed by atoms with Gasteiger partial charge in [0.1, 0.15) is 11.5 Å². The molecule has 10 rings (SSSR count). The number of rotatable bonds is 55. The van der Waals surface area contributed by atoms with Crippen LogP contribution in [0.1, 0.15) is 298 Å². The molecule has 0 spiro atoms. The Morgan fingerprint density at radius 2 is 0.588 bits per heavy atom. The van der Waals surface area contributed by atoms with Gasteiger partial charge in [-0.3, -0.25) is 0 Å². The summed E-state index contributed by atoms with van der Waals surface area (Å²) in [5.41, 5.74) is 2.31. The van der Waals surface area contributed by atoms with Crippen LogP contribution in [0.3, 0.4) is 0 Å². The Bertz CT molecular complexity index is 3930. The quantitative estimate of drug-likeness (QED) is 0.0356. The van der Waals surface area contributed by atoms with E-state index >= 15 is 0 Å². The number of ether oxygens (including phenoxy) is 4. The second-order valence-electron chi connectivity index (χ2n) is 29.6. The van der Waals surface area contributed by atoms with Crippen LogP contribution < -0.4 is 18.9 Å². The predicted molar refractivity (Wildman–Crippen MR) is 459 cm³/mol. The number of fused-ring (bicyclic) bond motifs is 7. The first-order valence-corrected chi connectivity index (χ1v) is 46.3. The van der Waals surface area contributed by atoms with Crippen molar-refractivity contribution < 1.29 is 18.9 Å². The Balaban J connectivity index is 1.03. The van der Waals surface area contributed by atoms with Gasteiger partial charge in [0.15, 0.2) is 11.5 Å². The number of benzene rings is 4. The van der Waals surface area contributed by atoms with Gasteiger partial charge in [-0.05, 0) is 157 Å². The van der Waals surface area contributed by atoms with Crippen molar-refractivity contribution in [2.75, 3.05) is 26.4 Å². The Morgan fingerprint density at radius 3 is 0.951 bits per heavy atom. The zero-order chi connectivity index (χ0) is 70.8. The largest absolute Gasteiger partial charge is 0.492 e. The first-order chi connectivity index (χ1) is 50.4. The van der Waals surface area contributed by atoms with Gasteiger partial charge in [0.25, 0.3) is 0 Å². The number of hydrogen-bond donors (Lipinski definition) is 0. The Morgan fingerprint density at radius 1 is 0.265 bits per heavy atom. The van der Waals surface area contributed by atoms with Crippen molar-refractivity contribution in [2.45, 2.75) is 298 Å². The van der Waals surface area contributed by atoms with Crippen molar-refractivity contribution in [3.05, 3.63) is 108 Å². The maximum absolute atomic E-state index is 7.46. The highest BCUT2D eigenvalue weighted by Gasteiger charge is 2.25. The maximum Gasteiger partial charge on any atom is 0.161 e. The minimum atomic E-state index is 0.523. The lowest BCUT2D eigenvalue weighted by Crippen LogP contribution is -2.15. The van der Waals surface area contributed by atoms with Gasteiger partial charge in [0, 0.05) is 71.7 Å². The Kier molecular flexibility index (Phi) is 35.3. The molecule has 0 saturated carbocycles. The normalized spacial score (nSPS) is 12.5. The maximum atomic E-state index is 7.46. The van der Waals surface area contributed by atoms with Crippen molar-refractivity contribution in [3.8, 4) is 73.1 Å². The molecule has 2 atom stereocenters. The van der Waals surface area contributed by atoms with Crippen molar-refractivity contribution in [2.24, 2.45) is 11.8 Å². The van der Waals surface area contributed by atoms with Gasteiger partial charge in [0.05, 0.1) is 35.8 Å². The molecule has 4 nitrogen and oxygen atoms in total. The van der Waals surface area contributed by atoms with Crippen LogP contribution in [0.25, 0.3) is 91.9 Å². The van der Waals surface area contributed by atoms with Crippen molar-refractivity contribution >= 4 is 110 Å². The van der Waals surface area contributed by atoms with E-state index in [9.17, 15) is 0 Å². The lowest BCUT2D eigenvalue weighted by atomic mass is 9.94. The summed E-state index contributed by atoms with van der Waals surface area (Å²) in [6.45, 7) is 16.7. The molecule has 0 aliphatic rings. The lowest BCUT2D eigenvalue weighted by Gasteiger charge is -2.22. The van der Waals surface area contributed by atoms with E-state index in [0.717, 1.165) is 77.4 Å². The van der Waals surface area contributed by atoms with E-state index in [4.69, 9.17) is 18.9 Å². The summed E-state index contributed by atoms with van der Waals surface area (Å²) in [6.07, 6.45) is 51.8. The topological polar surface area (TPSA) is 36.9 Å². The highest BCUT2D eigenvalue weighted by atomic mass is 32.1. The molecule has 10 heteroatoms. The van der Waals surface area contributed by atoms with Crippen molar-refractivity contribution in [1.29, 1.82) is 0 Å². The van der Waals surface area contributed by atoms with E-state index in [1.54, 1.807) is 11.3 Å². The average molecular weight is 1490 g/mol. The second-order valence-corrected chi connectivity index (χ2v) is 35.8. The smallest absolute Gasteiger partial charge is 0.161 e. The summed E-state index contributed by atoms with van der Waals surface area (Å²) < 4.78 is 31.8. The third-order valence-electron chi connectivity index (χ3n) is 21.3. The van der Waals surface area contributed by atoms with Crippen LogP contribution >= 0.6 is 68.0 Å². The van der Waals surface area contributed by atoms with E-state index in [1.807, 2.05) is 56.7 Å². The van der Waals surface area contributed by atoms with Gasteiger partial charge in [-0.25, -0.2) is 0 Å². The molecule has 102 heavy (non-hydrogen) atoms. The van der Waals surface area contributed by atoms with Crippen molar-refractivity contribution in [3.63, 3.8) is 0 Å². The standard InChI is InChI=1S/C92H126O4S6/c1-7-13-19-25-29-31-35-39-47-69(45-37-33-27-21-15-9-3)67-95-79-63-75-76(64-80(79)96-68-70(46-38-34-28-22-16-10-4)48-40-36-32-30-26-20-14-8-2)78-66-88(102-92(78)91-77(75)65-87(101-91)84-50-44-62-98-84)86-58-56-82(100-86)74-54-52-71-72(90(74)94-60-42-24-18-12-6)51-53-73(89(71)93-59-41-23-17-11-5)81-55-57-85(99-81)83-49-43-61-97-83/h43-44,49-58,61-66,69-70H,7-42,45-48,59-60,67-68H2,1-6H3. The molecule has 0 amide bonds. The molecule has 6 aromatic heterocycles. The highest BCUT2D eigenvalue weighted by Crippen LogP contribution is 2.53. The Labute approximate surface area is 641 Å². The monoisotopic (exact) mass is 1490 g/mol. The fourth-order valence-electron chi connectivity index (χ4n) is 15.1. The molecule has 0 N–H and O–H groups in total. The summed E-state index contributed by atoms with van der Waals surface area (Å²) in [7, 11) is 0. The van der Waals surface area contributed by atoms with E-state index in [0.29, 0.717) is 25.0 Å². The third-order valence-corrected chi connectivity index (χ3v) is 28.3. The Hall–Kier alpha value is -4.68. The summed E-state index contributed by atoms with van der Waals surface area (Å²) in [5, 5.41) is 11.8. The second kappa shape index (κ2) is 45.1. The predicted octanol–water partition coefficient (Wildman–Crippen LogP) is 33.5. The lowest BCUT2D eigenvalue weighted by molar-refractivity contribution is 0.192. The van der Waals surface area contributed by atoms with Crippen LogP contribution in [0.15, 0.2) is 108 Å². The minimum absolute atomic E-state index is 0.523. The van der Waals surface area contributed by atoms with E-state index in [-0.39, 0.29) is 0 Å². The summed E-state index contributed by atoms with van der Waals surface area (Å²) >= 11 is 11.3. The van der Waals surface area contributed by atoms with Crippen LogP contribution in [0, 0.1) is 11.8 Å². The van der Waals surface area contributed by atoms with Crippen LogP contribution in [0.2, 0.25) is 0 Å². The molecule has 0 fully saturated rings. The number of hydrogen-bond acceptors (Lipinski definition) is 10. The molecule has 554 valence electrons. The SMILES string of the molecule is CCCCCCCCCCC(CCCCCCCC)COc1cc2c(cc1OCC(CCCCCCCC)CCCCCCCCCC)c1cc(-c3ccc(-c4ccc5c(OCCCCCC)c(-c6ccc(-c7cccs7)s6)ccc5c4OCCCCCC)s3)sc1c1sc(-c3cccs3)cc21. The van der Waals surface area contributed by atoms with Crippen LogP contribution in [0.5, 0.6) is 23.0 Å². The van der Waals surface area contributed by atoms with Crippen LogP contribution in [-0.2, 0) is 0 Å². The highest BCUT2D eigenvalue weighted by molar-refractivity contribution is 7.33. The fourth-order valence-corrected chi connectivity index (χ4v) is 21.4. The molecule has 4 aromatic carbocycles. The summed E-state index contributed by atoms with van der Waals surface area (Å²) in [5.74, 6) is 4.86. The van der Waals surface area contributed by atoms with Crippen LogP contribution in [0.4, 0.5) is 0 Å². The van der Waals surface area contributed by atoms with Gasteiger partial charge < -0.3 is 18.9 Å². The van der Waals surface area contributed by atoms with Gasteiger partial charge >= 0.3 is 0 Å². The van der Waals surface area contributed by atoms with Gasteiger partial charge in [-0.15, -0.1) is 68.0 Å². The van der Waals surface area contributed by atoms with Gasteiger partial charge in [-0.2, -0.15) is 0 Å². The number of unbranched alkanes of at least 4 members (excludes halogenated alkanes) is 30. The zero-order valence-corrected chi connectivity index (χ0v) is 68.6. The molecule has 0 bridgehead atoms. The molecular weight excluding hydrogens is 1360 g/mol. The molecular formula is C92H126O4S6. The van der Waals surface area contributed by atoms with Gasteiger partial charge in [0.2, 0.25) is 0 Å². The number of thiophene rings is 6. The molecule has 2 unspecified atom stereocenters. The van der Waals surface area contributed by atoms with E-state index in [1.165, 1.54) is 308 Å². The molecule has 0 radical (unpaired) electrons. The summed E-state index contributed by atoms with van der Waals surface area (Å²) in [4.78, 5) is 10.3. The zero-order valence-electron chi connectivity index (χ0n) is 63.7. The molecule has 6 heterocycles. The first kappa shape index (κ1) is 79.9. The summed E-state index contributed by atoms with van der Waals surface area (Å²) in [6, 6.07) is 37.4. The molecule has 0 aliphatic heterocycles. The molecule has 10 aromatic rings. The first-order valence-electron chi connectivity index (χ1n) is 41.3. The van der Waals surface area contributed by atoms with Crippen molar-refractivity contribution in [1.82, 2.24) is 0 Å². The third kappa shape index (κ3) is 23.7. The fraction of sp³-hybridized carbons (Fsp3) is 0.565. The van der Waals surface area contributed by atoms with E-state index < -0.39 is 0 Å². The van der Waals surface area contributed by atoms with E-state index in [2.05, 4.69) is 149 Å². The average Bonchev–Trinajstić information content (AvgIpc) is 1.54. The molecule has 0 aliphatic carbocycles. The van der Waals surface area contributed by atoms with Crippen LogP contribution in [-0.4, -0.2) is 26.4 Å². The molecule has 0 saturated heterocycles. The van der Waals surface area contributed by atoms with Gasteiger partial charge in [-0.1, -0.05) is 272 Å².